The van der Waals surface area contributed by atoms with Gasteiger partial charge in [0.05, 0.1) is 0 Å². The summed E-state index contributed by atoms with van der Waals surface area (Å²) in [7, 11) is 1.85. The SMILES string of the molecule is CCOCCC1(CNC(=NC)NCCCSC)CCCC1. The Hall–Kier alpha value is -0.420. The molecular weight excluding hydrogens is 282 g/mol. The van der Waals surface area contributed by atoms with Crippen LogP contribution in [0.25, 0.3) is 0 Å². The highest BCUT2D eigenvalue weighted by Gasteiger charge is 2.33. The molecule has 0 aliphatic heterocycles. The van der Waals surface area contributed by atoms with Gasteiger partial charge in [0, 0.05) is 33.4 Å². The minimum Gasteiger partial charge on any atom is -0.382 e. The zero-order valence-electron chi connectivity index (χ0n) is 14.0. The lowest BCUT2D eigenvalue weighted by Crippen LogP contribution is -2.43. The first-order valence-electron chi connectivity index (χ1n) is 8.27. The van der Waals surface area contributed by atoms with Gasteiger partial charge >= 0.3 is 0 Å². The Labute approximate surface area is 134 Å². The summed E-state index contributed by atoms with van der Waals surface area (Å²) in [5.74, 6) is 2.14. The van der Waals surface area contributed by atoms with Gasteiger partial charge in [-0.1, -0.05) is 12.8 Å². The van der Waals surface area contributed by atoms with Crippen LogP contribution in [0.5, 0.6) is 0 Å². The number of ether oxygens (including phenoxy) is 1. The Morgan fingerprint density at radius 3 is 2.67 bits per heavy atom. The number of rotatable bonds is 10. The lowest BCUT2D eigenvalue weighted by molar-refractivity contribution is 0.105. The Kier molecular flexibility index (Phi) is 9.92. The maximum atomic E-state index is 5.57. The molecule has 0 bridgehead atoms. The van der Waals surface area contributed by atoms with E-state index < -0.39 is 0 Å². The number of aliphatic imine (C=N–C) groups is 1. The Morgan fingerprint density at radius 1 is 1.29 bits per heavy atom. The van der Waals surface area contributed by atoms with Crippen LogP contribution in [0.2, 0.25) is 0 Å². The van der Waals surface area contributed by atoms with Gasteiger partial charge in [0.25, 0.3) is 0 Å². The third kappa shape index (κ3) is 7.41. The average Bonchev–Trinajstić information content (AvgIpc) is 2.96. The van der Waals surface area contributed by atoms with Gasteiger partial charge in [0.2, 0.25) is 0 Å². The van der Waals surface area contributed by atoms with E-state index in [0.29, 0.717) is 5.41 Å². The largest absolute Gasteiger partial charge is 0.382 e. The maximum Gasteiger partial charge on any atom is 0.190 e. The summed E-state index contributed by atoms with van der Waals surface area (Å²) < 4.78 is 5.57. The Morgan fingerprint density at radius 2 is 2.05 bits per heavy atom. The van der Waals surface area contributed by atoms with Crippen LogP contribution in [0, 0.1) is 5.41 Å². The zero-order chi connectivity index (χ0) is 15.4. The fourth-order valence-corrected chi connectivity index (χ4v) is 3.42. The maximum absolute atomic E-state index is 5.57. The number of hydrogen-bond acceptors (Lipinski definition) is 3. The quantitative estimate of drug-likeness (QED) is 0.370. The minimum atomic E-state index is 0.409. The molecule has 0 aromatic heterocycles. The normalized spacial score (nSPS) is 18.0. The standard InChI is InChI=1S/C16H33N3OS/c1-4-20-12-10-16(8-5-6-9-16)14-19-15(17-2)18-11-7-13-21-3/h4-14H2,1-3H3,(H2,17,18,19). The summed E-state index contributed by atoms with van der Waals surface area (Å²) in [5, 5.41) is 6.94. The lowest BCUT2D eigenvalue weighted by Gasteiger charge is -2.30. The van der Waals surface area contributed by atoms with E-state index in [-0.39, 0.29) is 0 Å². The molecule has 5 heteroatoms. The van der Waals surface area contributed by atoms with Crippen LogP contribution in [0.4, 0.5) is 0 Å². The van der Waals surface area contributed by atoms with E-state index >= 15 is 0 Å². The van der Waals surface area contributed by atoms with E-state index in [4.69, 9.17) is 4.74 Å². The average molecular weight is 316 g/mol. The predicted octanol–water partition coefficient (Wildman–Crippen LogP) is 2.89. The third-order valence-electron chi connectivity index (χ3n) is 4.32. The zero-order valence-corrected chi connectivity index (χ0v) is 14.9. The second kappa shape index (κ2) is 11.2. The van der Waals surface area contributed by atoms with Gasteiger partial charge in [-0.2, -0.15) is 11.8 Å². The van der Waals surface area contributed by atoms with Crippen molar-refractivity contribution in [1.29, 1.82) is 0 Å². The minimum absolute atomic E-state index is 0.409. The molecule has 0 aromatic rings. The first-order valence-corrected chi connectivity index (χ1v) is 9.67. The lowest BCUT2D eigenvalue weighted by atomic mass is 9.83. The molecule has 1 aliphatic carbocycles. The Bertz CT molecular complexity index is 291. The first kappa shape index (κ1) is 18.6. The number of guanidine groups is 1. The molecule has 1 fully saturated rings. The van der Waals surface area contributed by atoms with Crippen molar-refractivity contribution < 1.29 is 4.74 Å². The molecule has 0 amide bonds. The van der Waals surface area contributed by atoms with E-state index in [1.54, 1.807) is 0 Å². The predicted molar refractivity (Wildman–Crippen MR) is 94.4 cm³/mol. The molecule has 0 heterocycles. The highest BCUT2D eigenvalue weighted by atomic mass is 32.2. The van der Waals surface area contributed by atoms with Crippen LogP contribution in [0.15, 0.2) is 4.99 Å². The van der Waals surface area contributed by atoms with Crippen molar-refractivity contribution in [1.82, 2.24) is 10.6 Å². The van der Waals surface area contributed by atoms with E-state index in [1.165, 1.54) is 37.9 Å². The van der Waals surface area contributed by atoms with Crippen LogP contribution in [-0.4, -0.2) is 51.3 Å². The topological polar surface area (TPSA) is 45.6 Å². The van der Waals surface area contributed by atoms with Crippen LogP contribution >= 0.6 is 11.8 Å². The number of nitrogens with zero attached hydrogens (tertiary/aromatic N) is 1. The number of nitrogens with one attached hydrogen (secondary N) is 2. The van der Waals surface area contributed by atoms with Crippen molar-refractivity contribution in [2.45, 2.75) is 45.4 Å². The molecular formula is C16H33N3OS. The fraction of sp³-hybridized carbons (Fsp3) is 0.938. The molecule has 0 saturated heterocycles. The summed E-state index contributed by atoms with van der Waals surface area (Å²) in [6, 6.07) is 0. The molecule has 21 heavy (non-hydrogen) atoms. The van der Waals surface area contributed by atoms with Gasteiger partial charge in [0.1, 0.15) is 0 Å². The van der Waals surface area contributed by atoms with Crippen LogP contribution in [-0.2, 0) is 4.74 Å². The van der Waals surface area contributed by atoms with Crippen molar-refractivity contribution in [3.63, 3.8) is 0 Å². The molecule has 124 valence electrons. The summed E-state index contributed by atoms with van der Waals surface area (Å²) in [4.78, 5) is 4.33. The van der Waals surface area contributed by atoms with E-state index in [1.807, 2.05) is 18.8 Å². The third-order valence-corrected chi connectivity index (χ3v) is 5.01. The van der Waals surface area contributed by atoms with E-state index in [0.717, 1.165) is 38.7 Å². The van der Waals surface area contributed by atoms with Crippen molar-refractivity contribution in [2.75, 3.05) is 45.4 Å². The molecule has 2 N–H and O–H groups in total. The van der Waals surface area contributed by atoms with Gasteiger partial charge in [-0.05, 0) is 50.0 Å². The van der Waals surface area contributed by atoms with Crippen molar-refractivity contribution in [2.24, 2.45) is 10.4 Å². The highest BCUT2D eigenvalue weighted by molar-refractivity contribution is 7.98. The van der Waals surface area contributed by atoms with Gasteiger partial charge < -0.3 is 15.4 Å². The molecule has 1 aliphatic rings. The molecule has 0 spiro atoms. The molecule has 1 rings (SSSR count). The van der Waals surface area contributed by atoms with E-state index in [9.17, 15) is 0 Å². The first-order chi connectivity index (χ1) is 10.3. The highest BCUT2D eigenvalue weighted by Crippen LogP contribution is 2.40. The molecule has 0 unspecified atom stereocenters. The summed E-state index contributed by atoms with van der Waals surface area (Å²) >= 11 is 1.89. The van der Waals surface area contributed by atoms with Crippen LogP contribution in [0.1, 0.15) is 45.4 Å². The summed E-state index contributed by atoms with van der Waals surface area (Å²) in [6.07, 6.45) is 9.83. The van der Waals surface area contributed by atoms with Gasteiger partial charge in [-0.15, -0.1) is 0 Å². The van der Waals surface area contributed by atoms with Crippen molar-refractivity contribution in [3.8, 4) is 0 Å². The number of thioether (sulfide) groups is 1. The fourth-order valence-electron chi connectivity index (χ4n) is 2.99. The second-order valence-corrected chi connectivity index (χ2v) is 6.84. The number of hydrogen-bond donors (Lipinski definition) is 2. The Balaban J connectivity index is 2.33. The molecule has 0 aromatic carbocycles. The second-order valence-electron chi connectivity index (χ2n) is 5.85. The van der Waals surface area contributed by atoms with Crippen molar-refractivity contribution >= 4 is 17.7 Å². The van der Waals surface area contributed by atoms with Gasteiger partial charge in [0.15, 0.2) is 5.96 Å². The summed E-state index contributed by atoms with van der Waals surface area (Å²) in [5.41, 5.74) is 0.409. The van der Waals surface area contributed by atoms with Crippen LogP contribution in [0.3, 0.4) is 0 Å². The molecule has 0 radical (unpaired) electrons. The monoisotopic (exact) mass is 315 g/mol. The molecule has 4 nitrogen and oxygen atoms in total. The molecule has 1 saturated carbocycles. The van der Waals surface area contributed by atoms with E-state index in [2.05, 4.69) is 28.8 Å². The molecule has 0 atom stereocenters. The summed E-state index contributed by atoms with van der Waals surface area (Å²) in [6.45, 7) is 5.79. The van der Waals surface area contributed by atoms with Gasteiger partial charge in [-0.3, -0.25) is 4.99 Å². The van der Waals surface area contributed by atoms with Crippen LogP contribution < -0.4 is 10.6 Å². The van der Waals surface area contributed by atoms with Crippen molar-refractivity contribution in [3.05, 3.63) is 0 Å². The van der Waals surface area contributed by atoms with Gasteiger partial charge in [-0.25, -0.2) is 0 Å². The smallest absolute Gasteiger partial charge is 0.190 e.